The number of hydrogen-bond acceptors (Lipinski definition) is 9. The van der Waals surface area contributed by atoms with Crippen LogP contribution in [0.1, 0.15) is 31.9 Å². The van der Waals surface area contributed by atoms with E-state index in [1.54, 1.807) is 12.1 Å². The smallest absolute Gasteiger partial charge is 0.217 e. The van der Waals surface area contributed by atoms with Gasteiger partial charge in [0.25, 0.3) is 0 Å². The number of aromatic nitrogens is 2. The predicted octanol–water partition coefficient (Wildman–Crippen LogP) is 4.64. The van der Waals surface area contributed by atoms with Crippen LogP contribution in [0.5, 0.6) is 17.2 Å². The molecule has 3 unspecified atom stereocenters. The number of nitrogens with zero attached hydrogens (tertiary/aromatic N) is 5. The number of nitrogens with two attached hydrogens (primary N) is 1. The van der Waals surface area contributed by atoms with Gasteiger partial charge in [0.2, 0.25) is 5.91 Å². The molecule has 0 spiro atoms. The Morgan fingerprint density at radius 1 is 0.915 bits per heavy atom. The highest BCUT2D eigenvalue weighted by Crippen LogP contribution is 2.33. The van der Waals surface area contributed by atoms with Crippen molar-refractivity contribution in [1.29, 1.82) is 0 Å². The Morgan fingerprint density at radius 3 is 2.28 bits per heavy atom. The molecule has 0 aliphatic carbocycles. The minimum absolute atomic E-state index is 0.0987. The molecular weight excluding hydrogens is 594 g/mol. The minimum Gasteiger partial charge on any atom is -0.508 e. The van der Waals surface area contributed by atoms with Crippen molar-refractivity contribution in [3.8, 4) is 17.2 Å². The van der Waals surface area contributed by atoms with Crippen LogP contribution in [0.25, 0.3) is 0 Å². The summed E-state index contributed by atoms with van der Waals surface area (Å²) in [4.78, 5) is 21.0. The summed E-state index contributed by atoms with van der Waals surface area (Å²) in [6, 6.07) is 23.8. The van der Waals surface area contributed by atoms with Gasteiger partial charge in [0.05, 0.1) is 17.5 Å². The van der Waals surface area contributed by atoms with Crippen molar-refractivity contribution >= 4 is 28.7 Å². The number of nitrogens with one attached hydrogen (secondary N) is 1. The molecule has 0 saturated carbocycles. The molecule has 2 aliphatic rings. The Labute approximate surface area is 276 Å². The lowest BCUT2D eigenvalue weighted by Gasteiger charge is -2.44. The standard InChI is InChI=1S/C36H45N7O4/c1-25(44)19-31-24-40(15-17-43(31)28-5-3-7-32(45)20-28)27-9-12-33(13-10-27)47-34-8-4-6-29(21-34)42-18-16-41(35-22-38-39-26(35)2)23-30(42)11-14-36(37)46/h3-10,12-13,20-22,25,30-31,44-45H,11,14-19,23-24H2,1-2H3,(H2,37,46)(H,38,39). The molecule has 0 radical (unpaired) electrons. The highest BCUT2D eigenvalue weighted by molar-refractivity contribution is 5.74. The number of hydrogen-bond donors (Lipinski definition) is 4. The lowest BCUT2D eigenvalue weighted by Crippen LogP contribution is -2.54. The van der Waals surface area contributed by atoms with Gasteiger partial charge in [0.15, 0.2) is 0 Å². The van der Waals surface area contributed by atoms with Gasteiger partial charge in [-0.3, -0.25) is 9.89 Å². The zero-order chi connectivity index (χ0) is 32.9. The Kier molecular flexibility index (Phi) is 9.72. The number of aliphatic hydroxyl groups is 1. The van der Waals surface area contributed by atoms with Crippen LogP contribution < -0.4 is 30.1 Å². The van der Waals surface area contributed by atoms with Crippen LogP contribution in [0.4, 0.5) is 22.7 Å². The monoisotopic (exact) mass is 639 g/mol. The Balaban J connectivity index is 1.12. The number of aryl methyl sites for hydroxylation is 1. The van der Waals surface area contributed by atoms with Gasteiger partial charge in [-0.1, -0.05) is 12.1 Å². The molecule has 3 atom stereocenters. The van der Waals surface area contributed by atoms with E-state index in [1.807, 2.05) is 56.4 Å². The van der Waals surface area contributed by atoms with Gasteiger partial charge in [0, 0.05) is 93.2 Å². The number of H-pyrrole nitrogens is 1. The molecule has 11 heteroatoms. The second kappa shape index (κ2) is 14.3. The molecular formula is C36H45N7O4. The first kappa shape index (κ1) is 32.1. The number of benzene rings is 3. The third kappa shape index (κ3) is 7.74. The van der Waals surface area contributed by atoms with E-state index in [2.05, 4.69) is 54.1 Å². The van der Waals surface area contributed by atoms with Gasteiger partial charge in [-0.15, -0.1) is 0 Å². The van der Waals surface area contributed by atoms with Gasteiger partial charge in [-0.05, 0) is 75.2 Å². The summed E-state index contributed by atoms with van der Waals surface area (Å²) in [6.45, 7) is 8.57. The maximum Gasteiger partial charge on any atom is 0.217 e. The number of carbonyl (C=O) groups excluding carboxylic acids is 1. The molecule has 4 aromatic rings. The molecule has 2 saturated heterocycles. The number of amides is 1. The van der Waals surface area contributed by atoms with Gasteiger partial charge in [-0.2, -0.15) is 5.10 Å². The van der Waals surface area contributed by atoms with E-state index in [0.717, 1.165) is 79.2 Å². The number of rotatable bonds is 11. The third-order valence-electron chi connectivity index (χ3n) is 9.20. The number of primary amides is 1. The number of piperazine rings is 2. The van der Waals surface area contributed by atoms with E-state index < -0.39 is 6.10 Å². The van der Waals surface area contributed by atoms with Crippen LogP contribution in [-0.4, -0.2) is 83.8 Å². The van der Waals surface area contributed by atoms with E-state index in [4.69, 9.17) is 10.5 Å². The van der Waals surface area contributed by atoms with Crippen molar-refractivity contribution in [1.82, 2.24) is 10.2 Å². The maximum absolute atomic E-state index is 11.7. The van der Waals surface area contributed by atoms with E-state index in [-0.39, 0.29) is 23.7 Å². The van der Waals surface area contributed by atoms with Gasteiger partial charge < -0.3 is 40.3 Å². The molecule has 2 fully saturated rings. The quantitative estimate of drug-likeness (QED) is 0.185. The van der Waals surface area contributed by atoms with Crippen LogP contribution in [0.2, 0.25) is 0 Å². The molecule has 11 nitrogen and oxygen atoms in total. The highest BCUT2D eigenvalue weighted by Gasteiger charge is 2.30. The first-order chi connectivity index (χ1) is 22.7. The number of ether oxygens (including phenoxy) is 1. The van der Waals surface area contributed by atoms with Crippen molar-refractivity contribution in [3.63, 3.8) is 0 Å². The maximum atomic E-state index is 11.7. The summed E-state index contributed by atoms with van der Waals surface area (Å²) in [5, 5.41) is 27.5. The summed E-state index contributed by atoms with van der Waals surface area (Å²) in [5.74, 6) is 1.44. The van der Waals surface area contributed by atoms with Crippen LogP contribution in [-0.2, 0) is 4.79 Å². The Bertz CT molecular complexity index is 1640. The van der Waals surface area contributed by atoms with Crippen molar-refractivity contribution in [3.05, 3.63) is 84.7 Å². The number of anilines is 4. The molecule has 5 N–H and O–H groups in total. The molecule has 47 heavy (non-hydrogen) atoms. The molecule has 1 aromatic heterocycles. The molecule has 2 aliphatic heterocycles. The zero-order valence-electron chi connectivity index (χ0n) is 27.1. The van der Waals surface area contributed by atoms with Crippen molar-refractivity contribution in [2.75, 3.05) is 58.9 Å². The number of aromatic amines is 1. The van der Waals surface area contributed by atoms with Crippen molar-refractivity contribution in [2.24, 2.45) is 5.73 Å². The lowest BCUT2D eigenvalue weighted by molar-refractivity contribution is -0.118. The molecule has 3 aromatic carbocycles. The summed E-state index contributed by atoms with van der Waals surface area (Å²) in [7, 11) is 0. The van der Waals surface area contributed by atoms with Crippen molar-refractivity contribution < 1.29 is 19.7 Å². The van der Waals surface area contributed by atoms with Gasteiger partial charge in [0.1, 0.15) is 17.2 Å². The molecule has 248 valence electrons. The number of aliphatic hydroxyl groups excluding tert-OH is 1. The summed E-state index contributed by atoms with van der Waals surface area (Å²) >= 11 is 0. The van der Waals surface area contributed by atoms with E-state index in [0.29, 0.717) is 19.3 Å². The minimum atomic E-state index is -0.436. The largest absolute Gasteiger partial charge is 0.508 e. The third-order valence-corrected chi connectivity index (χ3v) is 9.20. The predicted molar refractivity (Wildman–Crippen MR) is 186 cm³/mol. The normalized spacial score (nSPS) is 19.1. The average molecular weight is 640 g/mol. The van der Waals surface area contributed by atoms with Crippen LogP contribution >= 0.6 is 0 Å². The molecule has 6 rings (SSSR count). The van der Waals surface area contributed by atoms with Crippen LogP contribution in [0.15, 0.2) is 79.0 Å². The second-order valence-electron chi connectivity index (χ2n) is 12.6. The lowest BCUT2D eigenvalue weighted by atomic mass is 10.0. The first-order valence-electron chi connectivity index (χ1n) is 16.4. The highest BCUT2D eigenvalue weighted by atomic mass is 16.5. The number of carbonyl (C=O) groups is 1. The van der Waals surface area contributed by atoms with E-state index >= 15 is 0 Å². The van der Waals surface area contributed by atoms with Gasteiger partial charge >= 0.3 is 0 Å². The SMILES string of the molecule is Cc1n[nH]cc1N1CCN(c2cccc(Oc3ccc(N4CCN(c5cccc(O)c5)C(CC(C)O)C4)cc3)c2)C(CCC(N)=O)C1. The van der Waals surface area contributed by atoms with Crippen LogP contribution in [0, 0.1) is 6.92 Å². The molecule has 3 heterocycles. The van der Waals surface area contributed by atoms with Crippen LogP contribution in [0.3, 0.4) is 0 Å². The average Bonchev–Trinajstić information content (AvgIpc) is 3.49. The molecule has 1 amide bonds. The number of phenols is 1. The Morgan fingerprint density at radius 2 is 1.60 bits per heavy atom. The summed E-state index contributed by atoms with van der Waals surface area (Å²) in [5.41, 5.74) is 10.7. The fraction of sp³-hybridized carbons (Fsp3) is 0.389. The van der Waals surface area contributed by atoms with E-state index in [1.165, 1.54) is 0 Å². The second-order valence-corrected chi connectivity index (χ2v) is 12.6. The fourth-order valence-corrected chi connectivity index (χ4v) is 6.93. The number of aromatic hydroxyl groups is 1. The zero-order valence-corrected chi connectivity index (χ0v) is 27.1. The number of phenolic OH excluding ortho intramolecular Hbond substituents is 1. The molecule has 0 bridgehead atoms. The summed E-state index contributed by atoms with van der Waals surface area (Å²) in [6.07, 6.45) is 3.11. The fourth-order valence-electron chi connectivity index (χ4n) is 6.93. The first-order valence-corrected chi connectivity index (χ1v) is 16.4. The topological polar surface area (TPSA) is 134 Å². The van der Waals surface area contributed by atoms with E-state index in [9.17, 15) is 15.0 Å². The summed E-state index contributed by atoms with van der Waals surface area (Å²) < 4.78 is 6.33. The Hall–Kier alpha value is -4.90. The van der Waals surface area contributed by atoms with Gasteiger partial charge in [-0.25, -0.2) is 0 Å². The van der Waals surface area contributed by atoms with Crippen molar-refractivity contribution in [2.45, 2.75) is 51.3 Å².